The normalized spacial score (nSPS) is 19.7. The van der Waals surface area contributed by atoms with Gasteiger partial charge in [-0.25, -0.2) is 4.79 Å². The topological polar surface area (TPSA) is 60.2 Å². The number of quaternary nitrogens is 1. The minimum Gasteiger partial charge on any atom is -0.489 e. The molecule has 1 atom stereocenters. The molecule has 2 heterocycles. The summed E-state index contributed by atoms with van der Waals surface area (Å²) in [6.45, 7) is 2.44. The van der Waals surface area contributed by atoms with Gasteiger partial charge in [0.25, 0.3) is 5.84 Å². The van der Waals surface area contributed by atoms with Crippen molar-refractivity contribution in [1.82, 2.24) is 0 Å². The van der Waals surface area contributed by atoms with Gasteiger partial charge in [-0.1, -0.05) is 36.4 Å². The van der Waals surface area contributed by atoms with E-state index in [0.29, 0.717) is 23.9 Å². The van der Waals surface area contributed by atoms with Crippen molar-refractivity contribution in [1.29, 1.82) is 0 Å². The summed E-state index contributed by atoms with van der Waals surface area (Å²) in [6.07, 6.45) is 4.78. The minimum absolute atomic E-state index is 0.153. The average molecular weight is 409 g/mol. The van der Waals surface area contributed by atoms with Crippen LogP contribution in [0.3, 0.4) is 0 Å². The first kappa shape index (κ1) is 19.1. The van der Waals surface area contributed by atoms with E-state index in [1.54, 1.807) is 19.3 Å². The van der Waals surface area contributed by atoms with Crippen LogP contribution in [0.1, 0.15) is 18.1 Å². The van der Waals surface area contributed by atoms with E-state index in [4.69, 9.17) is 21.3 Å². The molecule has 146 valence electrons. The predicted molar refractivity (Wildman–Crippen MR) is 111 cm³/mol. The quantitative estimate of drug-likeness (QED) is 0.528. The Hall–Kier alpha value is -3.22. The van der Waals surface area contributed by atoms with Gasteiger partial charge in [-0.05, 0) is 30.7 Å². The lowest BCUT2D eigenvalue weighted by molar-refractivity contribution is -0.599. The average Bonchev–Trinajstić information content (AvgIpc) is 3.06. The van der Waals surface area contributed by atoms with Gasteiger partial charge in [0.1, 0.15) is 18.6 Å². The first-order chi connectivity index (χ1) is 14.1. The number of hydrogen-bond acceptors (Lipinski definition) is 5. The molecule has 2 aromatic rings. The molecule has 1 unspecified atom stereocenters. The minimum atomic E-state index is -0.529. The van der Waals surface area contributed by atoms with E-state index >= 15 is 0 Å². The largest absolute Gasteiger partial charge is 0.489 e. The van der Waals surface area contributed by atoms with Gasteiger partial charge >= 0.3 is 5.97 Å². The molecule has 0 saturated heterocycles. The van der Waals surface area contributed by atoms with E-state index in [0.717, 1.165) is 11.1 Å². The summed E-state index contributed by atoms with van der Waals surface area (Å²) in [6, 6.07) is 17.4. The molecule has 2 aromatic carbocycles. The van der Waals surface area contributed by atoms with Gasteiger partial charge in [0, 0.05) is 0 Å². The molecular formula is C22H19ClN3O3+. The second-order valence-electron chi connectivity index (χ2n) is 6.40. The van der Waals surface area contributed by atoms with E-state index in [1.165, 1.54) is 6.21 Å². The van der Waals surface area contributed by atoms with Crippen molar-refractivity contribution in [3.63, 3.8) is 0 Å². The number of amidine groups is 1. The van der Waals surface area contributed by atoms with Crippen LogP contribution in [0.2, 0.25) is 0 Å². The van der Waals surface area contributed by atoms with Gasteiger partial charge in [0.15, 0.2) is 11.8 Å². The fraction of sp³-hybridized carbons (Fsp3) is 0.136. The fourth-order valence-corrected chi connectivity index (χ4v) is 3.42. The van der Waals surface area contributed by atoms with E-state index in [-0.39, 0.29) is 16.3 Å². The molecule has 0 bridgehead atoms. The molecular weight excluding hydrogens is 390 g/mol. The Bertz CT molecular complexity index is 1060. The summed E-state index contributed by atoms with van der Waals surface area (Å²) < 4.78 is 10.8. The lowest BCUT2D eigenvalue weighted by Crippen LogP contribution is -2.37. The maximum atomic E-state index is 12.4. The zero-order valence-electron chi connectivity index (χ0n) is 15.8. The zero-order chi connectivity index (χ0) is 20.3. The first-order valence-corrected chi connectivity index (χ1v) is 9.53. The van der Waals surface area contributed by atoms with Crippen molar-refractivity contribution >= 4 is 29.8 Å². The fourth-order valence-electron chi connectivity index (χ4n) is 3.11. The number of nitrogens with zero attached hydrogens (tertiary/aromatic N) is 3. The Balaban J connectivity index is 1.64. The number of hydrogen-bond donors (Lipinski definition) is 0. The predicted octanol–water partition coefficient (Wildman–Crippen LogP) is 4.33. The van der Waals surface area contributed by atoms with Gasteiger partial charge in [-0.3, -0.25) is 4.99 Å². The number of aliphatic imine (C=N–C) groups is 2. The Morgan fingerprint density at radius 2 is 1.97 bits per heavy atom. The molecule has 0 aromatic heterocycles. The van der Waals surface area contributed by atoms with E-state index < -0.39 is 5.97 Å². The molecule has 6 nitrogen and oxygen atoms in total. The standard InChI is InChI=1S/C22H19ClN3O3/c1-2-28-22(27)20-19-14-24-11-12-26(19,23)21(25-20)17-9-6-10-18(13-17)29-15-16-7-4-3-5-8-16/h3-14H,2,15H2,1H3/q+1. The molecule has 0 saturated carbocycles. The van der Waals surface area contributed by atoms with Crippen LogP contribution in [-0.2, 0) is 16.1 Å². The molecule has 0 N–H and O–H groups in total. The third kappa shape index (κ3) is 3.72. The van der Waals surface area contributed by atoms with Crippen LogP contribution >= 0.6 is 11.8 Å². The summed E-state index contributed by atoms with van der Waals surface area (Å²) >= 11 is 6.86. The van der Waals surface area contributed by atoms with Crippen LogP contribution < -0.4 is 4.74 Å². The third-order valence-electron chi connectivity index (χ3n) is 4.48. The molecule has 2 aliphatic rings. The summed E-state index contributed by atoms with van der Waals surface area (Å²) in [5, 5.41) is 0. The zero-order valence-corrected chi connectivity index (χ0v) is 16.5. The van der Waals surface area contributed by atoms with Crippen LogP contribution in [0.25, 0.3) is 0 Å². The van der Waals surface area contributed by atoms with Crippen LogP contribution in [-0.4, -0.2) is 28.6 Å². The Labute approximate surface area is 173 Å². The highest BCUT2D eigenvalue weighted by atomic mass is 35.5. The molecule has 0 radical (unpaired) electrons. The third-order valence-corrected chi connectivity index (χ3v) is 4.94. The van der Waals surface area contributed by atoms with Crippen molar-refractivity contribution in [3.8, 4) is 5.75 Å². The number of allylic oxidation sites excluding steroid dienone is 1. The van der Waals surface area contributed by atoms with Gasteiger partial charge in [0.2, 0.25) is 11.4 Å². The Kier molecular flexibility index (Phi) is 5.29. The summed E-state index contributed by atoms with van der Waals surface area (Å²) in [5.41, 5.74) is 2.42. The maximum Gasteiger partial charge on any atom is 0.363 e. The highest BCUT2D eigenvalue weighted by Crippen LogP contribution is 2.38. The number of carbonyl (C=O) groups is 1. The number of benzene rings is 2. The van der Waals surface area contributed by atoms with E-state index in [2.05, 4.69) is 9.98 Å². The highest BCUT2D eigenvalue weighted by Gasteiger charge is 2.48. The van der Waals surface area contributed by atoms with Crippen molar-refractivity contribution in [2.45, 2.75) is 13.5 Å². The number of rotatable bonds is 6. The smallest absolute Gasteiger partial charge is 0.363 e. The number of halogens is 1. The van der Waals surface area contributed by atoms with E-state index in [9.17, 15) is 4.79 Å². The van der Waals surface area contributed by atoms with Crippen molar-refractivity contribution < 1.29 is 18.3 Å². The van der Waals surface area contributed by atoms with Crippen LogP contribution in [0.5, 0.6) is 5.75 Å². The summed E-state index contributed by atoms with van der Waals surface area (Å²) in [5.74, 6) is 0.634. The second-order valence-corrected chi connectivity index (χ2v) is 6.94. The van der Waals surface area contributed by atoms with Crippen molar-refractivity contribution in [2.75, 3.05) is 6.61 Å². The molecule has 7 heteroatoms. The maximum absolute atomic E-state index is 12.4. The van der Waals surface area contributed by atoms with Gasteiger partial charge in [-0.15, -0.1) is 4.00 Å². The van der Waals surface area contributed by atoms with Crippen LogP contribution in [0.15, 0.2) is 88.4 Å². The Morgan fingerprint density at radius 1 is 1.14 bits per heavy atom. The number of ether oxygens (including phenoxy) is 2. The lowest BCUT2D eigenvalue weighted by atomic mass is 10.1. The first-order valence-electron chi connectivity index (χ1n) is 9.19. The lowest BCUT2D eigenvalue weighted by Gasteiger charge is -2.22. The van der Waals surface area contributed by atoms with Crippen LogP contribution in [0, 0.1) is 0 Å². The summed E-state index contributed by atoms with van der Waals surface area (Å²) in [7, 11) is 0. The molecule has 0 amide bonds. The molecule has 29 heavy (non-hydrogen) atoms. The second kappa shape index (κ2) is 8.03. The molecule has 4 rings (SSSR count). The molecule has 0 fully saturated rings. The monoisotopic (exact) mass is 408 g/mol. The molecule has 0 spiro atoms. The highest BCUT2D eigenvalue weighted by molar-refractivity contribution is 6.22. The van der Waals surface area contributed by atoms with Crippen molar-refractivity contribution in [2.24, 2.45) is 9.98 Å². The van der Waals surface area contributed by atoms with Gasteiger partial charge in [0.05, 0.1) is 24.6 Å². The van der Waals surface area contributed by atoms with Gasteiger partial charge in [-0.2, -0.15) is 4.99 Å². The van der Waals surface area contributed by atoms with Crippen LogP contribution in [0.4, 0.5) is 0 Å². The summed E-state index contributed by atoms with van der Waals surface area (Å²) in [4.78, 5) is 21.0. The number of fused-ring (bicyclic) bond motifs is 1. The van der Waals surface area contributed by atoms with Gasteiger partial charge < -0.3 is 9.47 Å². The number of esters is 1. The van der Waals surface area contributed by atoms with Crippen molar-refractivity contribution in [3.05, 3.63) is 89.5 Å². The SMILES string of the molecule is CCOC(=O)C1=C2C=NC=C[N+]2(Cl)C(c2cccc(OCc3ccccc3)c2)=N1. The molecule has 0 aliphatic carbocycles. The number of carbonyl (C=O) groups excluding carboxylic acids is 1. The Morgan fingerprint density at radius 3 is 2.76 bits per heavy atom. The van der Waals surface area contributed by atoms with E-state index in [1.807, 2.05) is 54.6 Å². The molecule has 2 aliphatic heterocycles.